The van der Waals surface area contributed by atoms with Gasteiger partial charge in [-0.3, -0.25) is 4.79 Å². The van der Waals surface area contributed by atoms with E-state index in [1.807, 2.05) is 25.1 Å². The van der Waals surface area contributed by atoms with E-state index in [1.165, 1.54) is 18.2 Å². The number of benzene rings is 2. The highest BCUT2D eigenvalue weighted by atomic mass is 19.4. The monoisotopic (exact) mass is 506 g/mol. The van der Waals surface area contributed by atoms with Gasteiger partial charge in [-0.05, 0) is 54.8 Å². The summed E-state index contributed by atoms with van der Waals surface area (Å²) >= 11 is 0. The van der Waals surface area contributed by atoms with Crippen molar-refractivity contribution in [2.75, 3.05) is 13.7 Å². The molecule has 0 spiro atoms. The molecule has 0 heterocycles. The number of halogens is 5. The van der Waals surface area contributed by atoms with Crippen molar-refractivity contribution in [3.05, 3.63) is 70.3 Å². The van der Waals surface area contributed by atoms with Crippen molar-refractivity contribution in [1.29, 1.82) is 5.26 Å². The van der Waals surface area contributed by atoms with Gasteiger partial charge in [0.25, 0.3) is 0 Å². The lowest BCUT2D eigenvalue weighted by Crippen LogP contribution is -2.20. The Kier molecular flexibility index (Phi) is 12.3. The van der Waals surface area contributed by atoms with Crippen molar-refractivity contribution in [1.82, 2.24) is 5.32 Å². The van der Waals surface area contributed by atoms with Crippen molar-refractivity contribution >= 4 is 11.9 Å². The summed E-state index contributed by atoms with van der Waals surface area (Å²) < 4.78 is 68.9. The predicted molar refractivity (Wildman–Crippen MR) is 128 cm³/mol. The van der Waals surface area contributed by atoms with Gasteiger partial charge in [-0.2, -0.15) is 18.4 Å². The lowest BCUT2D eigenvalue weighted by Gasteiger charge is -2.23. The molecule has 0 saturated carbocycles. The van der Waals surface area contributed by atoms with Crippen molar-refractivity contribution in [2.45, 2.75) is 44.8 Å². The van der Waals surface area contributed by atoms with Crippen molar-refractivity contribution in [3.8, 4) is 24.7 Å². The molecule has 9 heteroatoms. The smallest absolute Gasteiger partial charge is 0.392 e. The first kappa shape index (κ1) is 30.3. The summed E-state index contributed by atoms with van der Waals surface area (Å²) in [5.41, 5.74) is 2.68. The van der Waals surface area contributed by atoms with Gasteiger partial charge in [0.05, 0.1) is 18.6 Å². The number of nitrogens with one attached hydrogen (secondary N) is 1. The number of allylic oxidation sites excluding steroid dienone is 1. The third-order valence-electron chi connectivity index (χ3n) is 5.24. The molecule has 4 nitrogen and oxygen atoms in total. The Labute approximate surface area is 207 Å². The van der Waals surface area contributed by atoms with Crippen LogP contribution in [0.4, 0.5) is 22.0 Å². The number of carbonyl (C=O) groups excluding carboxylic acids is 1. The molecule has 0 fully saturated rings. The molecule has 2 aromatic carbocycles. The van der Waals surface area contributed by atoms with Gasteiger partial charge in [0.2, 0.25) is 6.43 Å². The maximum absolute atomic E-state index is 13.3. The lowest BCUT2D eigenvalue weighted by atomic mass is 9.88. The van der Waals surface area contributed by atoms with E-state index in [1.54, 1.807) is 19.2 Å². The standard InChI is InChI=1S/C25H25F5N2O2.C2H2/c1-16-3-5-17(6-4-16)22(19(14-31)15-33)13-23(32-2)21-8-7-20(11-18(21)12-24(26)27)34-10-9-25(28,29)30;1-2/h3-8,11,15,23-24,32H,9-10,12-13H2,1-2H3;1-2H/b22-19+;/t23-;/m1./s1. The third kappa shape index (κ3) is 9.52. The molecule has 0 bridgehead atoms. The molecule has 2 rings (SSSR count). The summed E-state index contributed by atoms with van der Waals surface area (Å²) in [5.74, 6) is 0.0541. The fourth-order valence-corrected chi connectivity index (χ4v) is 3.51. The Morgan fingerprint density at radius 3 is 2.31 bits per heavy atom. The first-order valence-electron chi connectivity index (χ1n) is 10.8. The van der Waals surface area contributed by atoms with Gasteiger partial charge in [0.1, 0.15) is 11.8 Å². The molecular weight excluding hydrogens is 479 g/mol. The minimum absolute atomic E-state index is 0.0541. The number of hydrogen-bond donors (Lipinski definition) is 1. The van der Waals surface area contributed by atoms with E-state index in [2.05, 4.69) is 18.2 Å². The van der Waals surface area contributed by atoms with Crippen LogP contribution in [0.15, 0.2) is 48.0 Å². The Balaban J connectivity index is 0.00000316. The molecule has 0 radical (unpaired) electrons. The number of hydrogen-bond acceptors (Lipinski definition) is 4. The number of aldehydes is 1. The first-order chi connectivity index (χ1) is 17.1. The van der Waals surface area contributed by atoms with Gasteiger partial charge in [0, 0.05) is 12.5 Å². The normalized spacial score (nSPS) is 12.6. The van der Waals surface area contributed by atoms with Crippen LogP contribution in [0.25, 0.3) is 5.57 Å². The van der Waals surface area contributed by atoms with E-state index in [9.17, 15) is 32.0 Å². The van der Waals surface area contributed by atoms with Crippen LogP contribution >= 0.6 is 0 Å². The molecule has 0 amide bonds. The number of alkyl halides is 5. The number of nitriles is 1. The van der Waals surface area contributed by atoms with Crippen LogP contribution in [-0.4, -0.2) is 32.5 Å². The second-order valence-corrected chi connectivity index (χ2v) is 7.70. The van der Waals surface area contributed by atoms with Crippen LogP contribution in [0.3, 0.4) is 0 Å². The first-order valence-corrected chi connectivity index (χ1v) is 10.8. The SMILES string of the molecule is C#C.CN[C@H](C/C(=C(/C#N)C=O)c1ccc(C)cc1)c1ccc(OCCC(F)(F)F)cc1CC(F)F. The highest BCUT2D eigenvalue weighted by Gasteiger charge is 2.27. The summed E-state index contributed by atoms with van der Waals surface area (Å²) in [7, 11) is 1.62. The van der Waals surface area contributed by atoms with Crippen LogP contribution < -0.4 is 10.1 Å². The molecule has 192 valence electrons. The zero-order valence-corrected chi connectivity index (χ0v) is 19.9. The van der Waals surface area contributed by atoms with Gasteiger partial charge in [-0.15, -0.1) is 12.8 Å². The molecule has 0 unspecified atom stereocenters. The summed E-state index contributed by atoms with van der Waals surface area (Å²) in [6.45, 7) is 1.26. The van der Waals surface area contributed by atoms with E-state index >= 15 is 0 Å². The summed E-state index contributed by atoms with van der Waals surface area (Å²) in [6, 6.07) is 12.8. The number of ether oxygens (including phenoxy) is 1. The van der Waals surface area contributed by atoms with Crippen molar-refractivity contribution in [3.63, 3.8) is 0 Å². The highest BCUT2D eigenvalue weighted by molar-refractivity contribution is 5.92. The largest absolute Gasteiger partial charge is 0.493 e. The van der Waals surface area contributed by atoms with Gasteiger partial charge in [-0.25, -0.2) is 8.78 Å². The molecule has 0 saturated heterocycles. The molecule has 0 aromatic heterocycles. The molecule has 0 aliphatic carbocycles. The predicted octanol–water partition coefficient (Wildman–Crippen LogP) is 6.21. The van der Waals surface area contributed by atoms with Crippen LogP contribution in [0.1, 0.15) is 41.1 Å². The number of nitrogens with zero attached hydrogens (tertiary/aromatic N) is 1. The Bertz CT molecular complexity index is 1080. The van der Waals surface area contributed by atoms with Crippen molar-refractivity contribution in [2.24, 2.45) is 0 Å². The minimum atomic E-state index is -4.39. The number of terminal acetylenes is 1. The van der Waals surface area contributed by atoms with Crippen LogP contribution in [0.2, 0.25) is 0 Å². The Hall–Kier alpha value is -3.69. The molecule has 0 aliphatic heterocycles. The van der Waals surface area contributed by atoms with E-state index in [0.29, 0.717) is 23.0 Å². The average Bonchev–Trinajstić information content (AvgIpc) is 2.83. The number of carbonyl (C=O) groups is 1. The van der Waals surface area contributed by atoms with E-state index in [4.69, 9.17) is 4.74 Å². The second-order valence-electron chi connectivity index (χ2n) is 7.70. The third-order valence-corrected chi connectivity index (χ3v) is 5.24. The number of aryl methyl sites for hydroxylation is 1. The Morgan fingerprint density at radius 2 is 1.81 bits per heavy atom. The molecule has 1 atom stereocenters. The topological polar surface area (TPSA) is 62.1 Å². The minimum Gasteiger partial charge on any atom is -0.493 e. The second kappa shape index (κ2) is 14.7. The van der Waals surface area contributed by atoms with Crippen LogP contribution in [0.5, 0.6) is 5.75 Å². The Morgan fingerprint density at radius 1 is 1.17 bits per heavy atom. The molecule has 0 aliphatic rings. The molecular formula is C27H27F5N2O2. The molecule has 2 aromatic rings. The zero-order valence-electron chi connectivity index (χ0n) is 19.9. The van der Waals surface area contributed by atoms with Gasteiger partial charge in [0.15, 0.2) is 6.29 Å². The van der Waals surface area contributed by atoms with E-state index in [0.717, 1.165) is 5.56 Å². The average molecular weight is 507 g/mol. The zero-order chi connectivity index (χ0) is 27.3. The van der Waals surface area contributed by atoms with Gasteiger partial charge < -0.3 is 10.1 Å². The maximum Gasteiger partial charge on any atom is 0.392 e. The quantitative estimate of drug-likeness (QED) is 0.129. The fourth-order valence-electron chi connectivity index (χ4n) is 3.51. The summed E-state index contributed by atoms with van der Waals surface area (Å²) in [5, 5.41) is 12.5. The number of rotatable bonds is 11. The van der Waals surface area contributed by atoms with E-state index in [-0.39, 0.29) is 23.3 Å². The van der Waals surface area contributed by atoms with Gasteiger partial charge >= 0.3 is 6.18 Å². The van der Waals surface area contributed by atoms with Crippen molar-refractivity contribution < 1.29 is 31.5 Å². The lowest BCUT2D eigenvalue weighted by molar-refractivity contribution is -0.139. The van der Waals surface area contributed by atoms with Gasteiger partial charge in [-0.1, -0.05) is 35.9 Å². The summed E-state index contributed by atoms with van der Waals surface area (Å²) in [4.78, 5) is 11.6. The van der Waals surface area contributed by atoms with Crippen LogP contribution in [0, 0.1) is 31.1 Å². The maximum atomic E-state index is 13.3. The molecule has 36 heavy (non-hydrogen) atoms. The van der Waals surface area contributed by atoms with Crippen LogP contribution in [-0.2, 0) is 11.2 Å². The van der Waals surface area contributed by atoms with E-state index < -0.39 is 38.1 Å². The highest BCUT2D eigenvalue weighted by Crippen LogP contribution is 2.33. The fraction of sp³-hybridized carbons (Fsp3) is 0.333. The molecule has 1 N–H and O–H groups in total. The summed E-state index contributed by atoms with van der Waals surface area (Å²) in [6.07, 6.45) is -0.277.